The van der Waals surface area contributed by atoms with Crippen LogP contribution >= 0.6 is 0 Å². The van der Waals surface area contributed by atoms with Crippen LogP contribution in [0, 0.1) is 5.92 Å². The molecule has 1 atom stereocenters. The van der Waals surface area contributed by atoms with Crippen molar-refractivity contribution >= 4 is 32.9 Å². The number of sulfonamides is 1. The molecule has 0 saturated carbocycles. The molecule has 1 aliphatic heterocycles. The first-order chi connectivity index (χ1) is 12.9. The smallest absolute Gasteiger partial charge is 0.244 e. The number of carbonyl (C=O) groups excluding carboxylic acids is 1. The summed E-state index contributed by atoms with van der Waals surface area (Å²) in [7, 11) is -1.66. The first-order valence-electron chi connectivity index (χ1n) is 8.74. The van der Waals surface area contributed by atoms with Crippen molar-refractivity contribution in [3.63, 3.8) is 0 Å². The van der Waals surface area contributed by atoms with E-state index < -0.39 is 15.9 Å². The second-order valence-electron chi connectivity index (χ2n) is 6.60. The lowest BCUT2D eigenvalue weighted by Crippen LogP contribution is -2.44. The van der Waals surface area contributed by atoms with Crippen LogP contribution in [-0.2, 0) is 14.8 Å². The Morgan fingerprint density at radius 2 is 2.00 bits per heavy atom. The Bertz CT molecular complexity index is 972. The monoisotopic (exact) mass is 389 g/mol. The molecule has 7 nitrogen and oxygen atoms in total. The van der Waals surface area contributed by atoms with E-state index in [2.05, 4.69) is 10.5 Å². The number of benzene rings is 2. The minimum Gasteiger partial charge on any atom is -0.496 e. The third-order valence-corrected chi connectivity index (χ3v) is 6.01. The minimum atomic E-state index is -3.28. The largest absolute Gasteiger partial charge is 0.496 e. The number of nitrogens with one attached hydrogen (secondary N) is 1. The number of fused-ring (bicyclic) bond motifs is 1. The molecule has 8 heteroatoms. The molecule has 0 aliphatic carbocycles. The molecule has 0 bridgehead atoms. The second kappa shape index (κ2) is 8.06. The lowest BCUT2D eigenvalue weighted by atomic mass is 9.99. The Hall–Kier alpha value is -2.45. The van der Waals surface area contributed by atoms with Crippen LogP contribution in [0.2, 0.25) is 0 Å². The molecule has 1 heterocycles. The standard InChI is InChI=1S/C19H23N3O4S/c1-26-18-10-9-14(16-7-3-4-8-17(16)18)12-20-21-19(23)15-6-5-11-22(13-15)27(2,24)25/h3-4,7-10,12,15H,5-6,11,13H2,1-2H3,(H,21,23)/b20-12+. The second-order valence-corrected chi connectivity index (χ2v) is 8.58. The van der Waals surface area contributed by atoms with E-state index in [0.29, 0.717) is 19.4 Å². The molecule has 0 spiro atoms. The molecule has 1 amide bonds. The number of hydrazone groups is 1. The summed E-state index contributed by atoms with van der Waals surface area (Å²) in [4.78, 5) is 12.4. The molecule has 0 radical (unpaired) electrons. The van der Waals surface area contributed by atoms with E-state index in [-0.39, 0.29) is 12.5 Å². The van der Waals surface area contributed by atoms with Gasteiger partial charge in [-0.15, -0.1) is 0 Å². The van der Waals surface area contributed by atoms with Gasteiger partial charge in [0.05, 0.1) is 25.5 Å². The molecule has 2 aromatic rings. The number of rotatable bonds is 5. The summed E-state index contributed by atoms with van der Waals surface area (Å²) in [5.74, 6) is 0.116. The van der Waals surface area contributed by atoms with Crippen LogP contribution in [0.3, 0.4) is 0 Å². The summed E-state index contributed by atoms with van der Waals surface area (Å²) in [5, 5.41) is 6.01. The Morgan fingerprint density at radius 1 is 1.26 bits per heavy atom. The normalized spacial score (nSPS) is 18.7. The van der Waals surface area contributed by atoms with Gasteiger partial charge in [-0.25, -0.2) is 18.1 Å². The van der Waals surface area contributed by atoms with Crippen LogP contribution < -0.4 is 10.2 Å². The van der Waals surface area contributed by atoms with Gasteiger partial charge in [-0.1, -0.05) is 24.3 Å². The third kappa shape index (κ3) is 4.45. The number of carbonyl (C=O) groups is 1. The Kier molecular flexibility index (Phi) is 5.76. The zero-order valence-electron chi connectivity index (χ0n) is 15.4. The van der Waals surface area contributed by atoms with Gasteiger partial charge in [0.15, 0.2) is 0 Å². The summed E-state index contributed by atoms with van der Waals surface area (Å²) in [6, 6.07) is 11.5. The predicted molar refractivity (Wildman–Crippen MR) is 105 cm³/mol. The van der Waals surface area contributed by atoms with E-state index in [4.69, 9.17) is 4.74 Å². The molecule has 3 rings (SSSR count). The van der Waals surface area contributed by atoms with Crippen molar-refractivity contribution in [2.75, 3.05) is 26.5 Å². The summed E-state index contributed by atoms with van der Waals surface area (Å²) >= 11 is 0. The number of hydrogen-bond donors (Lipinski definition) is 1. The Labute approximate surface area is 159 Å². The van der Waals surface area contributed by atoms with Crippen LogP contribution in [-0.4, -0.2) is 51.3 Å². The fourth-order valence-electron chi connectivity index (χ4n) is 3.30. The average Bonchev–Trinajstić information content (AvgIpc) is 2.67. The number of methoxy groups -OCH3 is 1. The minimum absolute atomic E-state index is 0.200. The topological polar surface area (TPSA) is 88.1 Å². The molecule has 1 aliphatic rings. The molecule has 1 fully saturated rings. The van der Waals surface area contributed by atoms with Crippen LogP contribution in [0.25, 0.3) is 10.8 Å². The molecular weight excluding hydrogens is 366 g/mol. The number of hydrogen-bond acceptors (Lipinski definition) is 5. The third-order valence-electron chi connectivity index (χ3n) is 4.74. The quantitative estimate of drug-likeness (QED) is 0.626. The summed E-state index contributed by atoms with van der Waals surface area (Å²) in [5.41, 5.74) is 3.40. The van der Waals surface area contributed by atoms with Crippen molar-refractivity contribution in [1.82, 2.24) is 9.73 Å². The first kappa shape index (κ1) is 19.3. The van der Waals surface area contributed by atoms with E-state index in [1.165, 1.54) is 10.6 Å². The van der Waals surface area contributed by atoms with E-state index in [1.807, 2.05) is 36.4 Å². The molecule has 1 unspecified atom stereocenters. The molecular formula is C19H23N3O4S. The van der Waals surface area contributed by atoms with Crippen LogP contribution in [0.4, 0.5) is 0 Å². The maximum absolute atomic E-state index is 12.4. The van der Waals surface area contributed by atoms with Crippen LogP contribution in [0.15, 0.2) is 41.5 Å². The van der Waals surface area contributed by atoms with Gasteiger partial charge in [-0.05, 0) is 30.4 Å². The van der Waals surface area contributed by atoms with Gasteiger partial charge in [0.2, 0.25) is 15.9 Å². The number of amides is 1. The van der Waals surface area contributed by atoms with Crippen molar-refractivity contribution in [3.05, 3.63) is 42.0 Å². The highest BCUT2D eigenvalue weighted by Gasteiger charge is 2.30. The number of piperidine rings is 1. The average molecular weight is 389 g/mol. The van der Waals surface area contributed by atoms with E-state index >= 15 is 0 Å². The van der Waals surface area contributed by atoms with Crippen molar-refractivity contribution in [1.29, 1.82) is 0 Å². The van der Waals surface area contributed by atoms with Crippen molar-refractivity contribution in [2.45, 2.75) is 12.8 Å². The van der Waals surface area contributed by atoms with Crippen LogP contribution in [0.1, 0.15) is 18.4 Å². The van der Waals surface area contributed by atoms with Gasteiger partial charge in [0, 0.05) is 24.0 Å². The summed E-state index contributed by atoms with van der Waals surface area (Å²) in [6.07, 6.45) is 4.08. The van der Waals surface area contributed by atoms with E-state index in [9.17, 15) is 13.2 Å². The maximum atomic E-state index is 12.4. The molecule has 27 heavy (non-hydrogen) atoms. The van der Waals surface area contributed by atoms with Gasteiger partial charge >= 0.3 is 0 Å². The van der Waals surface area contributed by atoms with Gasteiger partial charge in [-0.3, -0.25) is 4.79 Å². The first-order valence-corrected chi connectivity index (χ1v) is 10.6. The highest BCUT2D eigenvalue weighted by molar-refractivity contribution is 7.88. The SMILES string of the molecule is COc1ccc(/C=N/NC(=O)C2CCCN(S(C)(=O)=O)C2)c2ccccc12. The van der Waals surface area contributed by atoms with Crippen molar-refractivity contribution in [2.24, 2.45) is 11.0 Å². The zero-order valence-corrected chi connectivity index (χ0v) is 16.2. The molecule has 1 saturated heterocycles. The Balaban J connectivity index is 1.71. The van der Waals surface area contributed by atoms with Crippen LogP contribution in [0.5, 0.6) is 5.75 Å². The zero-order chi connectivity index (χ0) is 19.4. The fourth-order valence-corrected chi connectivity index (χ4v) is 4.21. The van der Waals surface area contributed by atoms with Gasteiger partial charge in [0.25, 0.3) is 0 Å². The lowest BCUT2D eigenvalue weighted by Gasteiger charge is -2.29. The molecule has 1 N–H and O–H groups in total. The highest BCUT2D eigenvalue weighted by atomic mass is 32.2. The Morgan fingerprint density at radius 3 is 2.70 bits per heavy atom. The lowest BCUT2D eigenvalue weighted by molar-refractivity contribution is -0.126. The molecule has 0 aromatic heterocycles. The van der Waals surface area contributed by atoms with Crippen molar-refractivity contribution in [3.8, 4) is 5.75 Å². The summed E-state index contributed by atoms with van der Waals surface area (Å²) < 4.78 is 30.1. The number of ether oxygens (including phenoxy) is 1. The summed E-state index contributed by atoms with van der Waals surface area (Å²) in [6.45, 7) is 0.662. The van der Waals surface area contributed by atoms with E-state index in [1.54, 1.807) is 13.3 Å². The maximum Gasteiger partial charge on any atom is 0.244 e. The van der Waals surface area contributed by atoms with Gasteiger partial charge < -0.3 is 4.74 Å². The van der Waals surface area contributed by atoms with Gasteiger partial charge in [0.1, 0.15) is 5.75 Å². The highest BCUT2D eigenvalue weighted by Crippen LogP contribution is 2.27. The van der Waals surface area contributed by atoms with Crippen molar-refractivity contribution < 1.29 is 17.9 Å². The number of nitrogens with zero attached hydrogens (tertiary/aromatic N) is 2. The van der Waals surface area contributed by atoms with E-state index in [0.717, 1.165) is 22.1 Å². The molecule has 2 aromatic carbocycles. The van der Waals surface area contributed by atoms with Gasteiger partial charge in [-0.2, -0.15) is 5.10 Å². The molecule has 144 valence electrons. The fraction of sp³-hybridized carbons (Fsp3) is 0.368. The predicted octanol–water partition coefficient (Wildman–Crippen LogP) is 1.97.